The average molecular weight is 591 g/mol. The lowest BCUT2D eigenvalue weighted by Crippen LogP contribution is -2.46. The molecular formula is C34H42N2O7. The molecule has 0 bridgehead atoms. The molecular weight excluding hydrogens is 548 g/mol. The van der Waals surface area contributed by atoms with Crippen molar-refractivity contribution in [1.82, 2.24) is 4.90 Å². The van der Waals surface area contributed by atoms with E-state index in [4.69, 9.17) is 14.2 Å². The number of carbonyl (C=O) groups is 2. The molecule has 230 valence electrons. The summed E-state index contributed by atoms with van der Waals surface area (Å²) >= 11 is 0. The molecule has 3 aromatic rings. The predicted octanol–water partition coefficient (Wildman–Crippen LogP) is 4.91. The molecule has 4 rings (SSSR count). The minimum atomic E-state index is -0.941. The Morgan fingerprint density at radius 1 is 0.977 bits per heavy atom. The van der Waals surface area contributed by atoms with E-state index in [9.17, 15) is 19.8 Å². The van der Waals surface area contributed by atoms with Crippen LogP contribution in [-0.2, 0) is 30.4 Å². The Kier molecular flexibility index (Phi) is 11.1. The molecule has 0 spiro atoms. The molecule has 3 N–H and O–H groups in total. The van der Waals surface area contributed by atoms with Gasteiger partial charge in [-0.2, -0.15) is 0 Å². The number of nitrogens with one attached hydrogen (secondary N) is 1. The normalized spacial score (nSPS) is 22.4. The molecule has 43 heavy (non-hydrogen) atoms. The Morgan fingerprint density at radius 2 is 1.67 bits per heavy atom. The van der Waals surface area contributed by atoms with E-state index in [1.165, 1.54) is 13.8 Å². The summed E-state index contributed by atoms with van der Waals surface area (Å²) in [6.07, 6.45) is -2.94. The van der Waals surface area contributed by atoms with Crippen LogP contribution in [0.5, 0.6) is 0 Å². The molecule has 0 aromatic heterocycles. The number of esters is 1. The van der Waals surface area contributed by atoms with Crippen LogP contribution >= 0.6 is 0 Å². The van der Waals surface area contributed by atoms with Crippen molar-refractivity contribution in [3.63, 3.8) is 0 Å². The highest BCUT2D eigenvalue weighted by Crippen LogP contribution is 2.42. The predicted molar refractivity (Wildman–Crippen MR) is 163 cm³/mol. The van der Waals surface area contributed by atoms with Crippen molar-refractivity contribution >= 4 is 17.6 Å². The lowest BCUT2D eigenvalue weighted by atomic mass is 9.89. The first-order chi connectivity index (χ1) is 20.6. The number of hydrogen-bond acceptors (Lipinski definition) is 8. The number of carbonyl (C=O) groups excluding carboxylic acids is 2. The van der Waals surface area contributed by atoms with Gasteiger partial charge in [0.1, 0.15) is 0 Å². The van der Waals surface area contributed by atoms with Gasteiger partial charge in [-0.25, -0.2) is 0 Å². The second-order valence-electron chi connectivity index (χ2n) is 11.2. The van der Waals surface area contributed by atoms with E-state index in [1.807, 2.05) is 74.6 Å². The van der Waals surface area contributed by atoms with Crippen LogP contribution < -0.4 is 5.32 Å². The van der Waals surface area contributed by atoms with Crippen LogP contribution in [0.25, 0.3) is 0 Å². The number of anilines is 1. The fraction of sp³-hybridized carbons (Fsp3) is 0.412. The third-order valence-electron chi connectivity index (χ3n) is 8.02. The van der Waals surface area contributed by atoms with Crippen LogP contribution in [0.2, 0.25) is 0 Å². The number of aliphatic hydroxyl groups is 2. The lowest BCUT2D eigenvalue weighted by Gasteiger charge is -2.43. The molecule has 0 aliphatic carbocycles. The summed E-state index contributed by atoms with van der Waals surface area (Å²) in [4.78, 5) is 25.9. The number of amides is 1. The first-order valence-electron chi connectivity index (χ1n) is 14.6. The zero-order valence-electron chi connectivity index (χ0n) is 25.3. The van der Waals surface area contributed by atoms with Gasteiger partial charge in [-0.15, -0.1) is 0 Å². The van der Waals surface area contributed by atoms with Crippen LogP contribution in [0.4, 0.5) is 5.69 Å². The Labute approximate surface area is 253 Å². The maximum absolute atomic E-state index is 12.6. The molecule has 1 fully saturated rings. The van der Waals surface area contributed by atoms with E-state index in [0.29, 0.717) is 17.8 Å². The molecule has 1 saturated heterocycles. The molecule has 1 amide bonds. The van der Waals surface area contributed by atoms with Gasteiger partial charge in [-0.05, 0) is 49.7 Å². The summed E-state index contributed by atoms with van der Waals surface area (Å²) in [6, 6.07) is 24.3. The van der Waals surface area contributed by atoms with Gasteiger partial charge >= 0.3 is 5.97 Å². The largest absolute Gasteiger partial charge is 0.453 e. The Morgan fingerprint density at radius 3 is 2.33 bits per heavy atom. The zero-order valence-corrected chi connectivity index (χ0v) is 25.3. The monoisotopic (exact) mass is 590 g/mol. The van der Waals surface area contributed by atoms with Gasteiger partial charge in [0.15, 0.2) is 12.4 Å². The van der Waals surface area contributed by atoms with Gasteiger partial charge in [-0.1, -0.05) is 73.7 Å². The first-order valence-corrected chi connectivity index (χ1v) is 14.6. The summed E-state index contributed by atoms with van der Waals surface area (Å²) in [7, 11) is 1.98. The van der Waals surface area contributed by atoms with Gasteiger partial charge < -0.3 is 29.7 Å². The zero-order chi connectivity index (χ0) is 31.1. The highest BCUT2D eigenvalue weighted by Gasteiger charge is 2.39. The lowest BCUT2D eigenvalue weighted by molar-refractivity contribution is -0.276. The third kappa shape index (κ3) is 8.28. The number of aliphatic hydroxyl groups excluding tert-OH is 2. The minimum absolute atomic E-state index is 0.0449. The van der Waals surface area contributed by atoms with E-state index < -0.39 is 30.4 Å². The Hall–Kier alpha value is -3.60. The molecule has 1 aliphatic rings. The highest BCUT2D eigenvalue weighted by molar-refractivity contribution is 5.95. The van der Waals surface area contributed by atoms with Crippen LogP contribution in [0.15, 0.2) is 78.9 Å². The average Bonchev–Trinajstić information content (AvgIpc) is 3.01. The quantitative estimate of drug-likeness (QED) is 0.270. The summed E-state index contributed by atoms with van der Waals surface area (Å²) in [5, 5.41) is 23.4. The van der Waals surface area contributed by atoms with E-state index in [-0.39, 0.29) is 30.8 Å². The molecule has 1 aliphatic heterocycles. The van der Waals surface area contributed by atoms with Crippen molar-refractivity contribution < 1.29 is 34.0 Å². The molecule has 9 nitrogen and oxygen atoms in total. The molecule has 3 aromatic carbocycles. The number of hydrogen-bond donors (Lipinski definition) is 3. The highest BCUT2D eigenvalue weighted by atomic mass is 16.7. The van der Waals surface area contributed by atoms with Crippen molar-refractivity contribution in [2.24, 2.45) is 5.92 Å². The van der Waals surface area contributed by atoms with Gasteiger partial charge in [0, 0.05) is 36.7 Å². The fourth-order valence-electron chi connectivity index (χ4n) is 5.26. The summed E-state index contributed by atoms with van der Waals surface area (Å²) in [5.74, 6) is -1.03. The maximum Gasteiger partial charge on any atom is 0.303 e. The van der Waals surface area contributed by atoms with Crippen LogP contribution in [0, 0.1) is 5.92 Å². The molecule has 7 atom stereocenters. The second kappa shape index (κ2) is 14.7. The SMILES string of the molecule is CC(=O)O[C@@H](C)C(=O)Nc1cccc([C@H]2O[C@@H](CN(C)[C@@H](C)[C@H](O)c3ccccc3)[C@@H](C)[C@@H](c3ccc(CO)cc3)O2)c1. The van der Waals surface area contributed by atoms with Crippen molar-refractivity contribution in [1.29, 1.82) is 0 Å². The molecule has 0 saturated carbocycles. The molecule has 9 heteroatoms. The smallest absolute Gasteiger partial charge is 0.303 e. The molecule has 1 heterocycles. The van der Waals surface area contributed by atoms with E-state index in [1.54, 1.807) is 18.2 Å². The fourth-order valence-corrected chi connectivity index (χ4v) is 5.26. The number of rotatable bonds is 11. The number of ether oxygens (including phenoxy) is 3. The van der Waals surface area contributed by atoms with Gasteiger partial charge in [0.25, 0.3) is 5.91 Å². The van der Waals surface area contributed by atoms with Gasteiger partial charge in [-0.3, -0.25) is 14.5 Å². The first kappa shape index (κ1) is 32.3. The number of nitrogens with zero attached hydrogens (tertiary/aromatic N) is 1. The van der Waals surface area contributed by atoms with Gasteiger partial charge in [0.2, 0.25) is 0 Å². The van der Waals surface area contributed by atoms with Crippen molar-refractivity contribution in [3.8, 4) is 0 Å². The van der Waals surface area contributed by atoms with Gasteiger partial charge in [0.05, 0.1) is 24.9 Å². The van der Waals surface area contributed by atoms with Crippen molar-refractivity contribution in [2.75, 3.05) is 18.9 Å². The topological polar surface area (TPSA) is 118 Å². The minimum Gasteiger partial charge on any atom is -0.453 e. The summed E-state index contributed by atoms with van der Waals surface area (Å²) in [5.41, 5.74) is 3.86. The van der Waals surface area contributed by atoms with E-state index in [2.05, 4.69) is 17.1 Å². The van der Waals surface area contributed by atoms with Crippen LogP contribution in [0.1, 0.15) is 68.4 Å². The second-order valence-corrected chi connectivity index (χ2v) is 11.2. The summed E-state index contributed by atoms with van der Waals surface area (Å²) < 4.78 is 18.1. The summed E-state index contributed by atoms with van der Waals surface area (Å²) in [6.45, 7) is 7.34. The van der Waals surface area contributed by atoms with Crippen LogP contribution in [0.3, 0.4) is 0 Å². The Balaban J connectivity index is 1.57. The maximum atomic E-state index is 12.6. The number of likely N-dealkylation sites (N-methyl/N-ethyl adjacent to an activating group) is 1. The van der Waals surface area contributed by atoms with Crippen molar-refractivity contribution in [2.45, 2.75) is 71.0 Å². The van der Waals surface area contributed by atoms with E-state index in [0.717, 1.165) is 16.7 Å². The standard InChI is InChI=1S/C34H42N2O7/c1-21-30(19-36(5)22(2)31(39)26-10-7-6-8-11-26)42-34(43-32(21)27-16-14-25(20-37)15-17-27)28-12-9-13-29(18-28)35-33(40)23(3)41-24(4)38/h6-18,21-23,30-32,34,37,39H,19-20H2,1-5H3,(H,35,40)/t21-,22+,23+,30+,31+,32+,34+/m1/s1. The Bertz CT molecular complexity index is 1350. The number of benzene rings is 3. The van der Waals surface area contributed by atoms with E-state index >= 15 is 0 Å². The van der Waals surface area contributed by atoms with Crippen molar-refractivity contribution in [3.05, 3.63) is 101 Å². The van der Waals surface area contributed by atoms with Crippen LogP contribution in [-0.4, -0.2) is 58.8 Å². The molecule has 0 unspecified atom stereocenters. The third-order valence-corrected chi connectivity index (χ3v) is 8.02. The molecule has 0 radical (unpaired) electrons.